The van der Waals surface area contributed by atoms with Crippen LogP contribution in [0.3, 0.4) is 0 Å². The summed E-state index contributed by atoms with van der Waals surface area (Å²) in [7, 11) is 0. The molecule has 30 heavy (non-hydrogen) atoms. The first kappa shape index (κ1) is 20.9. The van der Waals surface area contributed by atoms with Crippen LogP contribution in [-0.4, -0.2) is 45.0 Å². The van der Waals surface area contributed by atoms with Crippen molar-refractivity contribution in [1.82, 2.24) is 14.9 Å². The van der Waals surface area contributed by atoms with Crippen LogP contribution in [0.15, 0.2) is 36.8 Å². The summed E-state index contributed by atoms with van der Waals surface area (Å²) in [5.74, 6) is -2.00. The van der Waals surface area contributed by atoms with Gasteiger partial charge in [-0.15, -0.1) is 0 Å². The minimum absolute atomic E-state index is 0.126. The number of anilines is 2. The van der Waals surface area contributed by atoms with Gasteiger partial charge in [0.1, 0.15) is 5.82 Å². The maximum atomic E-state index is 12.8. The molecule has 3 rings (SSSR count). The number of rotatable bonds is 4. The lowest BCUT2D eigenvalue weighted by Gasteiger charge is -2.35. The van der Waals surface area contributed by atoms with Crippen molar-refractivity contribution in [2.75, 3.05) is 17.2 Å². The second kappa shape index (κ2) is 9.12. The number of hydrogen-bond acceptors (Lipinski definition) is 6. The zero-order chi connectivity index (χ0) is 21.7. The average Bonchev–Trinajstić information content (AvgIpc) is 2.73. The van der Waals surface area contributed by atoms with E-state index in [0.29, 0.717) is 18.8 Å². The fourth-order valence-electron chi connectivity index (χ4n) is 3.34. The van der Waals surface area contributed by atoms with Crippen molar-refractivity contribution in [1.29, 1.82) is 0 Å². The zero-order valence-electron chi connectivity index (χ0n) is 16.4. The van der Waals surface area contributed by atoms with E-state index in [2.05, 4.69) is 20.6 Å². The topological polar surface area (TPSA) is 147 Å². The number of pyridine rings is 2. The Bertz CT molecular complexity index is 976. The molecule has 1 saturated heterocycles. The Kier molecular flexibility index (Phi) is 6.35. The number of nitrogens with two attached hydrogens (primary N) is 1. The van der Waals surface area contributed by atoms with Crippen LogP contribution in [0, 0.1) is 0 Å². The van der Waals surface area contributed by atoms with Gasteiger partial charge in [-0.25, -0.2) is 4.98 Å². The lowest BCUT2D eigenvalue weighted by Crippen LogP contribution is -2.44. The molecule has 2 aromatic rings. The van der Waals surface area contributed by atoms with E-state index in [4.69, 9.17) is 5.73 Å². The highest BCUT2D eigenvalue weighted by molar-refractivity contribution is 6.39. The SMILES string of the molecule is CC(=O)Nc1ccc([C@@H]2CCCCN2C(=O)C(=O)Nc2cncc(C(N)=O)c2)cn1. The zero-order valence-corrected chi connectivity index (χ0v) is 16.4. The lowest BCUT2D eigenvalue weighted by atomic mass is 9.96. The summed E-state index contributed by atoms with van der Waals surface area (Å²) in [6, 6.07) is 4.51. The van der Waals surface area contributed by atoms with E-state index in [9.17, 15) is 19.2 Å². The third-order valence-electron chi connectivity index (χ3n) is 4.71. The van der Waals surface area contributed by atoms with Crippen molar-refractivity contribution in [2.24, 2.45) is 5.73 Å². The first-order chi connectivity index (χ1) is 14.3. The highest BCUT2D eigenvalue weighted by atomic mass is 16.2. The van der Waals surface area contributed by atoms with Gasteiger partial charge in [-0.2, -0.15) is 0 Å². The van der Waals surface area contributed by atoms with Crippen LogP contribution >= 0.6 is 0 Å². The van der Waals surface area contributed by atoms with Gasteiger partial charge in [-0.05, 0) is 37.0 Å². The van der Waals surface area contributed by atoms with E-state index in [0.717, 1.165) is 18.4 Å². The van der Waals surface area contributed by atoms with E-state index < -0.39 is 17.7 Å². The summed E-state index contributed by atoms with van der Waals surface area (Å²) in [6.45, 7) is 1.83. The Morgan fingerprint density at radius 2 is 1.90 bits per heavy atom. The normalized spacial score (nSPS) is 15.9. The number of amides is 4. The Morgan fingerprint density at radius 1 is 1.10 bits per heavy atom. The highest BCUT2D eigenvalue weighted by Crippen LogP contribution is 2.31. The third kappa shape index (κ3) is 4.96. The molecule has 156 valence electrons. The number of carbonyl (C=O) groups is 4. The van der Waals surface area contributed by atoms with Gasteiger partial charge in [-0.1, -0.05) is 6.07 Å². The van der Waals surface area contributed by atoms with Gasteiger partial charge in [0.05, 0.1) is 23.5 Å². The summed E-state index contributed by atoms with van der Waals surface area (Å²) in [5, 5.41) is 5.07. The summed E-state index contributed by atoms with van der Waals surface area (Å²) in [4.78, 5) is 57.4. The van der Waals surface area contributed by atoms with Crippen LogP contribution in [0.5, 0.6) is 0 Å². The standard InChI is InChI=1S/C20H22N6O4/c1-12(27)24-17-6-5-13(10-23-17)16-4-2-3-7-26(16)20(30)19(29)25-15-8-14(18(21)28)9-22-11-15/h5-6,8-11,16H,2-4,7H2,1H3,(H2,21,28)(H,25,29)(H,23,24,27)/t16-/m0/s1. The molecule has 0 saturated carbocycles. The minimum atomic E-state index is -0.826. The molecule has 1 aliphatic rings. The fourth-order valence-corrected chi connectivity index (χ4v) is 3.34. The molecule has 3 heterocycles. The number of carbonyl (C=O) groups excluding carboxylic acids is 4. The molecule has 1 fully saturated rings. The molecule has 0 radical (unpaired) electrons. The molecular weight excluding hydrogens is 388 g/mol. The predicted molar refractivity (Wildman–Crippen MR) is 108 cm³/mol. The molecule has 1 aliphatic heterocycles. The van der Waals surface area contributed by atoms with E-state index in [-0.39, 0.29) is 23.2 Å². The highest BCUT2D eigenvalue weighted by Gasteiger charge is 2.32. The molecule has 0 unspecified atom stereocenters. The Morgan fingerprint density at radius 3 is 2.57 bits per heavy atom. The summed E-state index contributed by atoms with van der Waals surface area (Å²) in [6.07, 6.45) is 6.59. The maximum Gasteiger partial charge on any atom is 0.313 e. The van der Waals surface area contributed by atoms with Gasteiger partial charge in [0.2, 0.25) is 11.8 Å². The van der Waals surface area contributed by atoms with Crippen LogP contribution < -0.4 is 16.4 Å². The maximum absolute atomic E-state index is 12.8. The number of aromatic nitrogens is 2. The van der Waals surface area contributed by atoms with Crippen molar-refractivity contribution >= 4 is 35.1 Å². The molecule has 10 heteroatoms. The molecule has 2 aromatic heterocycles. The molecule has 0 bridgehead atoms. The molecule has 4 amide bonds. The van der Waals surface area contributed by atoms with Crippen molar-refractivity contribution in [2.45, 2.75) is 32.2 Å². The number of likely N-dealkylation sites (tertiary alicyclic amines) is 1. The van der Waals surface area contributed by atoms with Crippen LogP contribution in [0.25, 0.3) is 0 Å². The van der Waals surface area contributed by atoms with Crippen LogP contribution in [0.1, 0.15) is 48.1 Å². The van der Waals surface area contributed by atoms with Gasteiger partial charge < -0.3 is 21.3 Å². The van der Waals surface area contributed by atoms with Crippen molar-refractivity contribution in [3.8, 4) is 0 Å². The van der Waals surface area contributed by atoms with Gasteiger partial charge >= 0.3 is 11.8 Å². The first-order valence-corrected chi connectivity index (χ1v) is 9.45. The fraction of sp³-hybridized carbons (Fsp3) is 0.300. The van der Waals surface area contributed by atoms with Gasteiger partial charge in [0.25, 0.3) is 0 Å². The summed E-state index contributed by atoms with van der Waals surface area (Å²) in [5.41, 5.74) is 6.33. The lowest BCUT2D eigenvalue weighted by molar-refractivity contribution is -0.145. The molecule has 0 aliphatic carbocycles. The third-order valence-corrected chi connectivity index (χ3v) is 4.71. The second-order valence-corrected chi connectivity index (χ2v) is 6.95. The Hall–Kier alpha value is -3.82. The van der Waals surface area contributed by atoms with E-state index in [1.54, 1.807) is 18.3 Å². The minimum Gasteiger partial charge on any atom is -0.366 e. The van der Waals surface area contributed by atoms with E-state index in [1.165, 1.54) is 30.3 Å². The molecule has 1 atom stereocenters. The summed E-state index contributed by atoms with van der Waals surface area (Å²) < 4.78 is 0. The van der Waals surface area contributed by atoms with E-state index >= 15 is 0 Å². The Labute approximate surface area is 172 Å². The van der Waals surface area contributed by atoms with Gasteiger partial charge in [0.15, 0.2) is 0 Å². The first-order valence-electron chi connectivity index (χ1n) is 9.45. The second-order valence-electron chi connectivity index (χ2n) is 6.95. The molecular formula is C20H22N6O4. The number of primary amides is 1. The van der Waals surface area contributed by atoms with Crippen molar-refractivity contribution in [3.05, 3.63) is 47.9 Å². The largest absolute Gasteiger partial charge is 0.366 e. The summed E-state index contributed by atoms with van der Waals surface area (Å²) >= 11 is 0. The van der Waals surface area contributed by atoms with Crippen molar-refractivity contribution < 1.29 is 19.2 Å². The predicted octanol–water partition coefficient (Wildman–Crippen LogP) is 1.23. The molecule has 0 spiro atoms. The van der Waals surface area contributed by atoms with Crippen LogP contribution in [-0.2, 0) is 14.4 Å². The van der Waals surface area contributed by atoms with Crippen molar-refractivity contribution in [3.63, 3.8) is 0 Å². The molecule has 0 aromatic carbocycles. The molecule has 4 N–H and O–H groups in total. The molecule has 10 nitrogen and oxygen atoms in total. The smallest absolute Gasteiger partial charge is 0.313 e. The van der Waals surface area contributed by atoms with Crippen LogP contribution in [0.4, 0.5) is 11.5 Å². The Balaban J connectivity index is 1.74. The van der Waals surface area contributed by atoms with Gasteiger partial charge in [-0.3, -0.25) is 24.2 Å². The van der Waals surface area contributed by atoms with Crippen LogP contribution in [0.2, 0.25) is 0 Å². The number of nitrogens with one attached hydrogen (secondary N) is 2. The quantitative estimate of drug-likeness (QED) is 0.646. The van der Waals surface area contributed by atoms with Gasteiger partial charge in [0, 0.05) is 25.9 Å². The average molecular weight is 410 g/mol. The number of piperidine rings is 1. The number of nitrogens with zero attached hydrogens (tertiary/aromatic N) is 3. The van der Waals surface area contributed by atoms with E-state index in [1.807, 2.05) is 0 Å². The number of hydrogen-bond donors (Lipinski definition) is 3. The monoisotopic (exact) mass is 410 g/mol.